The molecule has 10 heteroatoms. The molecule has 0 bridgehead atoms. The molecule has 1 N–H and O–H groups in total. The summed E-state index contributed by atoms with van der Waals surface area (Å²) in [6.45, 7) is 3.36. The van der Waals surface area contributed by atoms with E-state index >= 15 is 0 Å². The zero-order valence-electron chi connectivity index (χ0n) is 21.6. The molecule has 3 rings (SSSR count). The number of amides is 1. The number of hydrogen-bond donors (Lipinski definition) is 1. The number of fused-ring (bicyclic) bond motifs is 3. The topological polar surface area (TPSA) is 117 Å². The summed E-state index contributed by atoms with van der Waals surface area (Å²) in [6.07, 6.45) is 2.57. The third kappa shape index (κ3) is 6.43. The van der Waals surface area contributed by atoms with Crippen LogP contribution in [0.4, 0.5) is 0 Å². The molecule has 0 aliphatic heterocycles. The fraction of sp³-hybridized carbons (Fsp3) is 0.407. The van der Waals surface area contributed by atoms with Gasteiger partial charge in [0.05, 0.1) is 44.6 Å². The van der Waals surface area contributed by atoms with Crippen molar-refractivity contribution in [3.63, 3.8) is 0 Å². The highest BCUT2D eigenvalue weighted by Gasteiger charge is 2.30. The van der Waals surface area contributed by atoms with Crippen LogP contribution < -0.4 is 25.0 Å². The molecule has 9 nitrogen and oxygen atoms in total. The van der Waals surface area contributed by atoms with Crippen LogP contribution in [0.5, 0.6) is 17.2 Å². The van der Waals surface area contributed by atoms with E-state index in [1.165, 1.54) is 32.9 Å². The summed E-state index contributed by atoms with van der Waals surface area (Å²) in [5, 5.41) is 2.96. The third-order valence-electron chi connectivity index (χ3n) is 5.94. The average Bonchev–Trinajstić information content (AvgIpc) is 3.10. The third-order valence-corrected chi connectivity index (χ3v) is 6.72. The standard InChI is InChI=1S/C27H31NO8S/c1-6-35-23(31)11-12-24(32)36-21-13-16-7-9-19(28-15(2)29)18-14-20(30)22(37-5)10-8-17(18)25(16)27(34-4)26(21)33-3/h8,10,13-14,19H,6-7,9,11-12H2,1-5H3,(H,28,29). The Labute approximate surface area is 219 Å². The number of ether oxygens (including phenoxy) is 4. The number of nitrogens with one attached hydrogen (secondary N) is 1. The number of carbonyl (C=O) groups is 3. The van der Waals surface area contributed by atoms with Gasteiger partial charge in [0.15, 0.2) is 16.9 Å². The van der Waals surface area contributed by atoms with E-state index in [0.29, 0.717) is 40.2 Å². The van der Waals surface area contributed by atoms with E-state index in [1.54, 1.807) is 25.1 Å². The van der Waals surface area contributed by atoms with Crippen molar-refractivity contribution in [3.05, 3.63) is 45.6 Å². The summed E-state index contributed by atoms with van der Waals surface area (Å²) in [7, 11) is 2.92. The molecule has 0 radical (unpaired) electrons. The SMILES string of the molecule is CCOC(=O)CCC(=O)Oc1cc2c(c(OC)c1OC)-c1ccc(SC)c(=O)cc1C(NC(C)=O)CC2. The Morgan fingerprint density at radius 3 is 2.38 bits per heavy atom. The van der Waals surface area contributed by atoms with Gasteiger partial charge in [0, 0.05) is 12.5 Å². The summed E-state index contributed by atoms with van der Waals surface area (Å²) in [6, 6.07) is 6.45. The summed E-state index contributed by atoms with van der Waals surface area (Å²) < 4.78 is 21.8. The first-order valence-electron chi connectivity index (χ1n) is 11.9. The molecule has 0 saturated heterocycles. The van der Waals surface area contributed by atoms with Crippen molar-refractivity contribution in [1.29, 1.82) is 0 Å². The van der Waals surface area contributed by atoms with Crippen molar-refractivity contribution in [1.82, 2.24) is 5.32 Å². The monoisotopic (exact) mass is 529 g/mol. The van der Waals surface area contributed by atoms with Gasteiger partial charge < -0.3 is 24.3 Å². The number of esters is 2. The van der Waals surface area contributed by atoms with Crippen LogP contribution in [0.2, 0.25) is 0 Å². The van der Waals surface area contributed by atoms with Gasteiger partial charge in [-0.2, -0.15) is 0 Å². The van der Waals surface area contributed by atoms with Gasteiger partial charge in [0.1, 0.15) is 0 Å². The Balaban J connectivity index is 2.16. The molecular weight excluding hydrogens is 498 g/mol. The second-order valence-corrected chi connectivity index (χ2v) is 9.17. The van der Waals surface area contributed by atoms with Gasteiger partial charge in [0.25, 0.3) is 0 Å². The van der Waals surface area contributed by atoms with Crippen molar-refractivity contribution in [2.24, 2.45) is 0 Å². The molecule has 1 atom stereocenters. The van der Waals surface area contributed by atoms with Crippen LogP contribution in [-0.2, 0) is 25.5 Å². The van der Waals surface area contributed by atoms with Gasteiger partial charge in [-0.3, -0.25) is 19.2 Å². The molecule has 0 fully saturated rings. The number of thioether (sulfide) groups is 1. The van der Waals surface area contributed by atoms with E-state index in [0.717, 1.165) is 5.56 Å². The van der Waals surface area contributed by atoms with Crippen molar-refractivity contribution in [3.8, 4) is 28.4 Å². The predicted octanol–water partition coefficient (Wildman–Crippen LogP) is 3.83. The van der Waals surface area contributed by atoms with Crippen LogP contribution >= 0.6 is 11.8 Å². The van der Waals surface area contributed by atoms with Gasteiger partial charge in [0.2, 0.25) is 11.7 Å². The van der Waals surface area contributed by atoms with Crippen molar-refractivity contribution < 1.29 is 33.3 Å². The maximum Gasteiger partial charge on any atom is 0.311 e. The smallest absolute Gasteiger partial charge is 0.311 e. The number of methoxy groups -OCH3 is 2. The van der Waals surface area contributed by atoms with E-state index in [-0.39, 0.29) is 42.3 Å². The predicted molar refractivity (Wildman–Crippen MR) is 139 cm³/mol. The first kappa shape index (κ1) is 28.0. The maximum atomic E-state index is 12.9. The van der Waals surface area contributed by atoms with Gasteiger partial charge in [-0.05, 0) is 60.9 Å². The first-order valence-corrected chi connectivity index (χ1v) is 13.1. The number of carbonyl (C=O) groups excluding carboxylic acids is 3. The quantitative estimate of drug-likeness (QED) is 0.294. The second-order valence-electron chi connectivity index (χ2n) is 8.33. The molecule has 0 saturated carbocycles. The average molecular weight is 530 g/mol. The zero-order valence-corrected chi connectivity index (χ0v) is 22.4. The highest BCUT2D eigenvalue weighted by Crippen LogP contribution is 2.50. The molecular formula is C27H31NO8S. The fourth-order valence-electron chi connectivity index (χ4n) is 4.40. The molecule has 1 unspecified atom stereocenters. The Morgan fingerprint density at radius 1 is 1.05 bits per heavy atom. The van der Waals surface area contributed by atoms with Gasteiger partial charge in [-0.1, -0.05) is 6.07 Å². The molecule has 37 heavy (non-hydrogen) atoms. The number of benzene rings is 1. The first-order chi connectivity index (χ1) is 17.7. The number of aryl methyl sites for hydroxylation is 1. The molecule has 0 heterocycles. The highest BCUT2D eigenvalue weighted by atomic mass is 32.2. The summed E-state index contributed by atoms with van der Waals surface area (Å²) in [4.78, 5) is 49.7. The van der Waals surface area contributed by atoms with Crippen LogP contribution in [-0.4, -0.2) is 44.9 Å². The summed E-state index contributed by atoms with van der Waals surface area (Å²) in [5.41, 5.74) is 2.71. The Morgan fingerprint density at radius 2 is 1.76 bits per heavy atom. The normalized spacial score (nSPS) is 13.9. The Kier molecular flexibility index (Phi) is 9.57. The van der Waals surface area contributed by atoms with Crippen molar-refractivity contribution >= 4 is 29.6 Å². The van der Waals surface area contributed by atoms with Crippen molar-refractivity contribution in [2.45, 2.75) is 50.5 Å². The minimum absolute atomic E-state index is 0.103. The largest absolute Gasteiger partial charge is 0.492 e. The molecule has 1 amide bonds. The Hall–Kier alpha value is -3.53. The maximum absolute atomic E-state index is 12.9. The molecule has 0 aromatic heterocycles. The van der Waals surface area contributed by atoms with Crippen LogP contribution in [0.1, 0.15) is 50.3 Å². The van der Waals surface area contributed by atoms with Crippen LogP contribution in [0, 0.1) is 0 Å². The lowest BCUT2D eigenvalue weighted by Gasteiger charge is -2.20. The zero-order chi connectivity index (χ0) is 27.1. The molecule has 2 aromatic rings. The van der Waals surface area contributed by atoms with E-state index in [2.05, 4.69) is 5.32 Å². The molecule has 198 valence electrons. The minimum atomic E-state index is -0.620. The summed E-state index contributed by atoms with van der Waals surface area (Å²) in [5.74, 6) is -0.629. The van der Waals surface area contributed by atoms with E-state index in [1.807, 2.05) is 12.3 Å². The van der Waals surface area contributed by atoms with Gasteiger partial charge in [-0.25, -0.2) is 0 Å². The van der Waals surface area contributed by atoms with Crippen molar-refractivity contribution in [2.75, 3.05) is 27.1 Å². The van der Waals surface area contributed by atoms with E-state index in [9.17, 15) is 19.2 Å². The molecule has 2 aromatic carbocycles. The highest BCUT2D eigenvalue weighted by molar-refractivity contribution is 7.98. The Bertz CT molecular complexity index is 1260. The fourth-order valence-corrected chi connectivity index (χ4v) is 4.86. The van der Waals surface area contributed by atoms with Crippen LogP contribution in [0.25, 0.3) is 11.1 Å². The van der Waals surface area contributed by atoms with E-state index in [4.69, 9.17) is 18.9 Å². The lowest BCUT2D eigenvalue weighted by atomic mass is 9.95. The van der Waals surface area contributed by atoms with Crippen LogP contribution in [0.15, 0.2) is 34.0 Å². The molecule has 0 spiro atoms. The minimum Gasteiger partial charge on any atom is -0.492 e. The van der Waals surface area contributed by atoms with Gasteiger partial charge in [-0.15, -0.1) is 11.8 Å². The number of rotatable bonds is 9. The second kappa shape index (κ2) is 12.6. The molecule has 1 aliphatic rings. The summed E-state index contributed by atoms with van der Waals surface area (Å²) >= 11 is 1.34. The lowest BCUT2D eigenvalue weighted by Crippen LogP contribution is -2.26. The lowest BCUT2D eigenvalue weighted by molar-refractivity contribution is -0.146. The van der Waals surface area contributed by atoms with Gasteiger partial charge >= 0.3 is 11.9 Å². The van der Waals surface area contributed by atoms with E-state index < -0.39 is 18.0 Å². The number of hydrogen-bond acceptors (Lipinski definition) is 9. The van der Waals surface area contributed by atoms with Crippen LogP contribution in [0.3, 0.4) is 0 Å². The molecule has 1 aliphatic carbocycles.